The average Bonchev–Trinajstić information content (AvgIpc) is 2.63. The molecule has 1 rings (SSSR count). The number of benzene rings is 1. The second-order valence-electron chi connectivity index (χ2n) is 4.61. The van der Waals surface area contributed by atoms with Gasteiger partial charge in [-0.15, -0.1) is 0 Å². The van der Waals surface area contributed by atoms with Crippen LogP contribution in [0.3, 0.4) is 0 Å². The molecule has 0 saturated heterocycles. The van der Waals surface area contributed by atoms with Crippen molar-refractivity contribution in [2.45, 2.75) is 6.61 Å². The minimum absolute atomic E-state index is 0.467. The van der Waals surface area contributed by atoms with Crippen molar-refractivity contribution in [2.24, 2.45) is 0 Å². The van der Waals surface area contributed by atoms with Crippen LogP contribution in [-0.2, 0) is 40.0 Å². The van der Waals surface area contributed by atoms with Crippen LogP contribution in [-0.4, -0.2) is 38.1 Å². The van der Waals surface area contributed by atoms with Crippen LogP contribution in [0.25, 0.3) is 0 Å². The third kappa shape index (κ3) is 7.46. The molecule has 0 spiro atoms. The van der Waals surface area contributed by atoms with Gasteiger partial charge in [0.05, 0.1) is 19.8 Å². The molecule has 0 heterocycles. The summed E-state index contributed by atoms with van der Waals surface area (Å²) in [5.74, 6) is -6.46. The summed E-state index contributed by atoms with van der Waals surface area (Å²) in [5, 5.41) is 0. The van der Waals surface area contributed by atoms with Crippen LogP contribution in [0, 0.1) is 11.6 Å². The van der Waals surface area contributed by atoms with Crippen molar-refractivity contribution in [1.82, 2.24) is 0 Å². The highest BCUT2D eigenvalue weighted by Gasteiger charge is 2.15. The zero-order valence-corrected chi connectivity index (χ0v) is 14.2. The molecule has 0 fully saturated rings. The third-order valence-corrected chi connectivity index (χ3v) is 2.81. The lowest BCUT2D eigenvalue weighted by molar-refractivity contribution is -0.140. The van der Waals surface area contributed by atoms with Gasteiger partial charge in [0.2, 0.25) is 0 Å². The van der Waals surface area contributed by atoms with Crippen molar-refractivity contribution in [1.29, 1.82) is 0 Å². The molecule has 0 aliphatic carbocycles. The molecule has 0 radical (unpaired) electrons. The monoisotopic (exact) mass is 384 g/mol. The standard InChI is InChI=1S/C17H14F2O8/c1-24-14(20)3-5-16(22)26-9-11-12(18)7-10(8-13(11)19)27-17(23)6-4-15(21)25-2/h3-8H,9H2,1-2H3/b5-3+,6-4+. The first-order chi connectivity index (χ1) is 12.8. The molecule has 10 heteroatoms. The number of carbonyl (C=O) groups is 4. The molecule has 1 aromatic carbocycles. The molecule has 0 amide bonds. The normalized spacial score (nSPS) is 10.7. The van der Waals surface area contributed by atoms with Gasteiger partial charge < -0.3 is 18.9 Å². The predicted octanol–water partition coefficient (Wildman–Crippen LogP) is 1.37. The molecular weight excluding hydrogens is 370 g/mol. The minimum Gasteiger partial charge on any atom is -0.466 e. The van der Waals surface area contributed by atoms with Gasteiger partial charge in [0.1, 0.15) is 24.0 Å². The number of hydrogen-bond donors (Lipinski definition) is 0. The van der Waals surface area contributed by atoms with E-state index in [0.717, 1.165) is 32.4 Å². The molecule has 0 bridgehead atoms. The number of hydrogen-bond acceptors (Lipinski definition) is 8. The number of ether oxygens (including phenoxy) is 4. The summed E-state index contributed by atoms with van der Waals surface area (Å²) in [5.41, 5.74) is -0.597. The van der Waals surface area contributed by atoms with Crippen molar-refractivity contribution < 1.29 is 46.9 Å². The zero-order chi connectivity index (χ0) is 20.4. The number of esters is 4. The lowest BCUT2D eigenvalue weighted by Gasteiger charge is -2.08. The summed E-state index contributed by atoms with van der Waals surface area (Å²) in [6.07, 6.45) is 2.99. The van der Waals surface area contributed by atoms with Crippen molar-refractivity contribution >= 4 is 23.9 Å². The Balaban J connectivity index is 2.75. The van der Waals surface area contributed by atoms with Crippen LogP contribution in [0.1, 0.15) is 5.56 Å². The second kappa shape index (κ2) is 10.4. The molecule has 0 N–H and O–H groups in total. The van der Waals surface area contributed by atoms with Gasteiger partial charge in [-0.1, -0.05) is 0 Å². The molecule has 0 atom stereocenters. The highest BCUT2D eigenvalue weighted by atomic mass is 19.1. The zero-order valence-electron chi connectivity index (χ0n) is 14.2. The summed E-state index contributed by atoms with van der Waals surface area (Å²) < 4.78 is 45.6. The van der Waals surface area contributed by atoms with E-state index in [4.69, 9.17) is 0 Å². The molecule has 0 aliphatic heterocycles. The molecule has 144 valence electrons. The Kier molecular flexibility index (Phi) is 8.30. The maximum atomic E-state index is 13.9. The molecule has 27 heavy (non-hydrogen) atoms. The summed E-state index contributed by atoms with van der Waals surface area (Å²) in [4.78, 5) is 44.4. The summed E-state index contributed by atoms with van der Waals surface area (Å²) >= 11 is 0. The van der Waals surface area contributed by atoms with Crippen LogP contribution < -0.4 is 4.74 Å². The maximum Gasteiger partial charge on any atom is 0.336 e. The average molecular weight is 384 g/mol. The van der Waals surface area contributed by atoms with Gasteiger partial charge in [-0.25, -0.2) is 28.0 Å². The SMILES string of the molecule is COC(=O)/C=C/C(=O)OCc1c(F)cc(OC(=O)/C=C/C(=O)OC)cc1F. The van der Waals surface area contributed by atoms with Crippen LogP contribution in [0.2, 0.25) is 0 Å². The van der Waals surface area contributed by atoms with E-state index in [-0.39, 0.29) is 0 Å². The Labute approximate surface area is 151 Å². The van der Waals surface area contributed by atoms with Crippen LogP contribution in [0.5, 0.6) is 5.75 Å². The van der Waals surface area contributed by atoms with Gasteiger partial charge in [-0.3, -0.25) is 0 Å². The van der Waals surface area contributed by atoms with Crippen molar-refractivity contribution in [3.63, 3.8) is 0 Å². The number of halogens is 2. The predicted molar refractivity (Wildman–Crippen MR) is 84.1 cm³/mol. The topological polar surface area (TPSA) is 105 Å². The second-order valence-corrected chi connectivity index (χ2v) is 4.61. The van der Waals surface area contributed by atoms with Crippen molar-refractivity contribution in [2.75, 3.05) is 14.2 Å². The fourth-order valence-corrected chi connectivity index (χ4v) is 1.53. The number of carbonyl (C=O) groups excluding carboxylic acids is 4. The first-order valence-electron chi connectivity index (χ1n) is 7.15. The van der Waals surface area contributed by atoms with E-state index in [9.17, 15) is 28.0 Å². The van der Waals surface area contributed by atoms with Gasteiger partial charge >= 0.3 is 23.9 Å². The summed E-state index contributed by atoms with van der Waals surface area (Å²) in [7, 11) is 2.20. The Morgan fingerprint density at radius 2 is 1.26 bits per heavy atom. The van der Waals surface area contributed by atoms with Crippen LogP contribution in [0.15, 0.2) is 36.4 Å². The van der Waals surface area contributed by atoms with Gasteiger partial charge in [0, 0.05) is 36.4 Å². The molecule has 1 aromatic rings. The Morgan fingerprint density at radius 3 is 1.74 bits per heavy atom. The van der Waals surface area contributed by atoms with E-state index in [2.05, 4.69) is 18.9 Å². The van der Waals surface area contributed by atoms with Crippen LogP contribution in [0.4, 0.5) is 8.78 Å². The third-order valence-electron chi connectivity index (χ3n) is 2.81. The van der Waals surface area contributed by atoms with E-state index >= 15 is 0 Å². The number of rotatable bonds is 7. The largest absolute Gasteiger partial charge is 0.466 e. The highest BCUT2D eigenvalue weighted by molar-refractivity contribution is 5.92. The Hall–Kier alpha value is -3.56. The quantitative estimate of drug-likeness (QED) is 0.300. The van der Waals surface area contributed by atoms with E-state index in [1.807, 2.05) is 0 Å². The fourth-order valence-electron chi connectivity index (χ4n) is 1.53. The van der Waals surface area contributed by atoms with Gasteiger partial charge in [-0.2, -0.15) is 0 Å². The van der Waals surface area contributed by atoms with Crippen molar-refractivity contribution in [3.8, 4) is 5.75 Å². The first-order valence-corrected chi connectivity index (χ1v) is 7.15. The molecule has 0 saturated carbocycles. The van der Waals surface area contributed by atoms with Gasteiger partial charge in [-0.05, 0) is 0 Å². The smallest absolute Gasteiger partial charge is 0.336 e. The summed E-state index contributed by atoms with van der Waals surface area (Å²) in [6.45, 7) is -0.765. The molecule has 0 aliphatic rings. The molecule has 0 unspecified atom stereocenters. The van der Waals surface area contributed by atoms with E-state index < -0.39 is 53.4 Å². The molecular formula is C17H14F2O8. The van der Waals surface area contributed by atoms with Crippen LogP contribution >= 0.6 is 0 Å². The molecule has 0 aromatic heterocycles. The highest BCUT2D eigenvalue weighted by Crippen LogP contribution is 2.22. The first kappa shape index (κ1) is 21.5. The Bertz CT molecular complexity index is 775. The minimum atomic E-state index is -1.14. The van der Waals surface area contributed by atoms with Gasteiger partial charge in [0.25, 0.3) is 0 Å². The van der Waals surface area contributed by atoms with Crippen molar-refractivity contribution in [3.05, 3.63) is 53.6 Å². The summed E-state index contributed by atoms with van der Waals surface area (Å²) in [6, 6.07) is 1.39. The lowest BCUT2D eigenvalue weighted by atomic mass is 10.2. The van der Waals surface area contributed by atoms with E-state index in [1.54, 1.807) is 0 Å². The van der Waals surface area contributed by atoms with Gasteiger partial charge in [0.15, 0.2) is 0 Å². The maximum absolute atomic E-state index is 13.9. The van der Waals surface area contributed by atoms with E-state index in [0.29, 0.717) is 18.2 Å². The number of methoxy groups -OCH3 is 2. The van der Waals surface area contributed by atoms with E-state index in [1.165, 1.54) is 0 Å². The Morgan fingerprint density at radius 1 is 0.815 bits per heavy atom. The lowest BCUT2D eigenvalue weighted by Crippen LogP contribution is -2.09. The molecule has 8 nitrogen and oxygen atoms in total. The fraction of sp³-hybridized carbons (Fsp3) is 0.176.